The van der Waals surface area contributed by atoms with Gasteiger partial charge in [0.15, 0.2) is 0 Å². The number of amides is 2. The number of hydrogen-bond donors (Lipinski definition) is 2. The van der Waals surface area contributed by atoms with E-state index in [-0.39, 0.29) is 6.03 Å². The number of carbonyl (C=O) groups is 1. The average Bonchev–Trinajstić information content (AvgIpc) is 2.73. The molecule has 1 atom stereocenters. The molecule has 1 unspecified atom stereocenters. The summed E-state index contributed by atoms with van der Waals surface area (Å²) in [6.45, 7) is 4.37. The Morgan fingerprint density at radius 3 is 2.94 bits per heavy atom. The number of hydrogen-bond acceptors (Lipinski definition) is 3. The summed E-state index contributed by atoms with van der Waals surface area (Å²) < 4.78 is 5.36. The SMILES string of the molecule is CNCCCN1CC(C2CCOCC2)NC1=O. The standard InChI is InChI=1S/C12H23N3O2/c1-13-5-2-6-15-9-11(14-12(15)16)10-3-7-17-8-4-10/h10-11,13H,2-9H2,1H3,(H,14,16). The summed E-state index contributed by atoms with van der Waals surface area (Å²) in [4.78, 5) is 13.7. The monoisotopic (exact) mass is 241 g/mol. The van der Waals surface area contributed by atoms with Gasteiger partial charge in [0.2, 0.25) is 0 Å². The Morgan fingerprint density at radius 1 is 1.47 bits per heavy atom. The van der Waals surface area contributed by atoms with Gasteiger partial charge >= 0.3 is 6.03 Å². The van der Waals surface area contributed by atoms with E-state index in [1.807, 2.05) is 11.9 Å². The Balaban J connectivity index is 1.77. The van der Waals surface area contributed by atoms with Crippen molar-refractivity contribution < 1.29 is 9.53 Å². The lowest BCUT2D eigenvalue weighted by atomic mass is 9.92. The van der Waals surface area contributed by atoms with Crippen LogP contribution in [0.2, 0.25) is 0 Å². The van der Waals surface area contributed by atoms with Crippen molar-refractivity contribution >= 4 is 6.03 Å². The molecule has 0 radical (unpaired) electrons. The maximum atomic E-state index is 11.8. The molecule has 2 fully saturated rings. The van der Waals surface area contributed by atoms with E-state index >= 15 is 0 Å². The molecule has 0 spiro atoms. The van der Waals surface area contributed by atoms with Gasteiger partial charge in [-0.05, 0) is 38.8 Å². The van der Waals surface area contributed by atoms with E-state index in [4.69, 9.17) is 4.74 Å². The molecule has 0 saturated carbocycles. The number of urea groups is 1. The quantitative estimate of drug-likeness (QED) is 0.686. The van der Waals surface area contributed by atoms with Gasteiger partial charge in [-0.25, -0.2) is 4.79 Å². The highest BCUT2D eigenvalue weighted by Crippen LogP contribution is 2.22. The minimum absolute atomic E-state index is 0.109. The van der Waals surface area contributed by atoms with Crippen molar-refractivity contribution in [3.63, 3.8) is 0 Å². The van der Waals surface area contributed by atoms with Crippen molar-refractivity contribution in [3.05, 3.63) is 0 Å². The van der Waals surface area contributed by atoms with Crippen molar-refractivity contribution in [2.45, 2.75) is 25.3 Å². The summed E-state index contributed by atoms with van der Waals surface area (Å²) in [7, 11) is 1.94. The van der Waals surface area contributed by atoms with Crippen molar-refractivity contribution in [3.8, 4) is 0 Å². The molecule has 0 aromatic carbocycles. The van der Waals surface area contributed by atoms with Gasteiger partial charge in [-0.1, -0.05) is 0 Å². The second kappa shape index (κ2) is 6.21. The summed E-state index contributed by atoms with van der Waals surface area (Å²) in [6.07, 6.45) is 3.18. The molecule has 17 heavy (non-hydrogen) atoms. The summed E-state index contributed by atoms with van der Waals surface area (Å²) in [5, 5.41) is 6.22. The second-order valence-electron chi connectivity index (χ2n) is 4.91. The van der Waals surface area contributed by atoms with Crippen molar-refractivity contribution in [1.82, 2.24) is 15.5 Å². The van der Waals surface area contributed by atoms with Gasteiger partial charge in [-0.2, -0.15) is 0 Å². The first-order valence-corrected chi connectivity index (χ1v) is 6.59. The van der Waals surface area contributed by atoms with Gasteiger partial charge in [-0.3, -0.25) is 0 Å². The topological polar surface area (TPSA) is 53.6 Å². The molecule has 98 valence electrons. The number of carbonyl (C=O) groups excluding carboxylic acids is 1. The molecule has 2 saturated heterocycles. The molecule has 2 rings (SSSR count). The predicted octanol–water partition coefficient (Wildman–Crippen LogP) is 0.416. The Hall–Kier alpha value is -0.810. The molecule has 5 nitrogen and oxygen atoms in total. The smallest absolute Gasteiger partial charge is 0.317 e. The van der Waals surface area contributed by atoms with E-state index in [0.29, 0.717) is 12.0 Å². The Kier molecular flexibility index (Phi) is 4.62. The van der Waals surface area contributed by atoms with Gasteiger partial charge in [0, 0.05) is 26.3 Å². The summed E-state index contributed by atoms with van der Waals surface area (Å²) in [6, 6.07) is 0.443. The maximum absolute atomic E-state index is 11.8. The molecule has 0 bridgehead atoms. The number of nitrogens with one attached hydrogen (secondary N) is 2. The van der Waals surface area contributed by atoms with Crippen LogP contribution in [0.3, 0.4) is 0 Å². The number of nitrogens with zero attached hydrogens (tertiary/aromatic N) is 1. The van der Waals surface area contributed by atoms with Crippen LogP contribution in [-0.4, -0.2) is 56.9 Å². The molecule has 2 heterocycles. The highest BCUT2D eigenvalue weighted by molar-refractivity contribution is 5.76. The Labute approximate surface area is 103 Å². The largest absolute Gasteiger partial charge is 0.381 e. The number of rotatable bonds is 5. The van der Waals surface area contributed by atoms with Gasteiger partial charge in [0.1, 0.15) is 0 Å². The van der Waals surface area contributed by atoms with Crippen molar-refractivity contribution in [1.29, 1.82) is 0 Å². The zero-order valence-electron chi connectivity index (χ0n) is 10.6. The highest BCUT2D eigenvalue weighted by atomic mass is 16.5. The van der Waals surface area contributed by atoms with Gasteiger partial charge in [0.05, 0.1) is 6.04 Å². The fourth-order valence-corrected chi connectivity index (χ4v) is 2.64. The third-order valence-electron chi connectivity index (χ3n) is 3.70. The van der Waals surface area contributed by atoms with Crippen LogP contribution in [0.4, 0.5) is 4.79 Å². The molecule has 0 aromatic heterocycles. The van der Waals surface area contributed by atoms with E-state index in [1.54, 1.807) is 0 Å². The summed E-state index contributed by atoms with van der Waals surface area (Å²) in [5.74, 6) is 0.599. The lowest BCUT2D eigenvalue weighted by Crippen LogP contribution is -2.37. The Morgan fingerprint density at radius 2 is 2.24 bits per heavy atom. The highest BCUT2D eigenvalue weighted by Gasteiger charge is 2.34. The van der Waals surface area contributed by atoms with Crippen molar-refractivity contribution in [2.24, 2.45) is 5.92 Å². The minimum atomic E-state index is 0.109. The second-order valence-corrected chi connectivity index (χ2v) is 4.91. The van der Waals surface area contributed by atoms with Crippen LogP contribution in [-0.2, 0) is 4.74 Å². The fourth-order valence-electron chi connectivity index (χ4n) is 2.64. The summed E-state index contributed by atoms with van der Waals surface area (Å²) in [5.41, 5.74) is 0. The van der Waals surface area contributed by atoms with E-state index < -0.39 is 0 Å². The average molecular weight is 241 g/mol. The zero-order chi connectivity index (χ0) is 12.1. The molecular formula is C12H23N3O2. The van der Waals surface area contributed by atoms with Crippen molar-refractivity contribution in [2.75, 3.05) is 39.9 Å². The third-order valence-corrected chi connectivity index (χ3v) is 3.70. The first-order chi connectivity index (χ1) is 8.31. The lowest BCUT2D eigenvalue weighted by molar-refractivity contribution is 0.0566. The first kappa shape index (κ1) is 12.6. The summed E-state index contributed by atoms with van der Waals surface area (Å²) >= 11 is 0. The van der Waals surface area contributed by atoms with E-state index in [1.165, 1.54) is 0 Å². The van der Waals surface area contributed by atoms with E-state index in [2.05, 4.69) is 10.6 Å². The molecule has 2 N–H and O–H groups in total. The molecular weight excluding hydrogens is 218 g/mol. The molecule has 2 aliphatic heterocycles. The minimum Gasteiger partial charge on any atom is -0.381 e. The molecule has 2 aliphatic rings. The number of ether oxygens (including phenoxy) is 1. The maximum Gasteiger partial charge on any atom is 0.317 e. The molecule has 2 amide bonds. The van der Waals surface area contributed by atoms with Gasteiger partial charge in [0.25, 0.3) is 0 Å². The van der Waals surface area contributed by atoms with Crippen LogP contribution in [0, 0.1) is 5.92 Å². The fraction of sp³-hybridized carbons (Fsp3) is 0.917. The molecule has 5 heteroatoms. The van der Waals surface area contributed by atoms with Crippen LogP contribution >= 0.6 is 0 Å². The molecule has 0 aliphatic carbocycles. The lowest BCUT2D eigenvalue weighted by Gasteiger charge is -2.26. The third kappa shape index (κ3) is 3.33. The van der Waals surface area contributed by atoms with Crippen LogP contribution in [0.15, 0.2) is 0 Å². The zero-order valence-corrected chi connectivity index (χ0v) is 10.6. The van der Waals surface area contributed by atoms with Crippen LogP contribution in [0.25, 0.3) is 0 Å². The van der Waals surface area contributed by atoms with Crippen LogP contribution in [0.5, 0.6) is 0 Å². The van der Waals surface area contributed by atoms with E-state index in [9.17, 15) is 4.79 Å². The normalized spacial score (nSPS) is 26.3. The Bertz CT molecular complexity index is 254. The molecule has 0 aromatic rings. The first-order valence-electron chi connectivity index (χ1n) is 6.59. The van der Waals surface area contributed by atoms with E-state index in [0.717, 1.165) is 52.1 Å². The van der Waals surface area contributed by atoms with Gasteiger partial charge < -0.3 is 20.3 Å². The van der Waals surface area contributed by atoms with Gasteiger partial charge in [-0.15, -0.1) is 0 Å². The predicted molar refractivity (Wildman–Crippen MR) is 66.0 cm³/mol. The van der Waals surface area contributed by atoms with Crippen LogP contribution in [0.1, 0.15) is 19.3 Å². The van der Waals surface area contributed by atoms with Crippen LogP contribution < -0.4 is 10.6 Å².